The third-order valence-electron chi connectivity index (χ3n) is 3.84. The first-order chi connectivity index (χ1) is 9.72. The van der Waals surface area contributed by atoms with Crippen LogP contribution in [0.25, 0.3) is 0 Å². The Kier molecular flexibility index (Phi) is 3.99. The van der Waals surface area contributed by atoms with Crippen molar-refractivity contribution in [2.24, 2.45) is 0 Å². The molecule has 1 aliphatic rings. The van der Waals surface area contributed by atoms with Gasteiger partial charge in [-0.1, -0.05) is 23.7 Å². The van der Waals surface area contributed by atoms with E-state index < -0.39 is 0 Å². The fourth-order valence-electron chi connectivity index (χ4n) is 2.81. The predicted octanol–water partition coefficient (Wildman–Crippen LogP) is 3.49. The molecule has 1 saturated heterocycles. The fraction of sp³-hybridized carbons (Fsp3) is 0.375. The van der Waals surface area contributed by atoms with Crippen LogP contribution in [0.15, 0.2) is 36.7 Å². The van der Waals surface area contributed by atoms with Gasteiger partial charge in [-0.05, 0) is 44.1 Å². The van der Waals surface area contributed by atoms with E-state index >= 15 is 0 Å². The molecule has 0 N–H and O–H groups in total. The van der Waals surface area contributed by atoms with Crippen molar-refractivity contribution >= 4 is 11.6 Å². The molecule has 20 heavy (non-hydrogen) atoms. The van der Waals surface area contributed by atoms with Crippen molar-refractivity contribution < 1.29 is 0 Å². The molecule has 0 aliphatic carbocycles. The minimum absolute atomic E-state index is 0.418. The highest BCUT2D eigenvalue weighted by molar-refractivity contribution is 6.30. The number of rotatable bonds is 3. The number of halogens is 1. The van der Waals surface area contributed by atoms with E-state index in [0.717, 1.165) is 29.4 Å². The first kappa shape index (κ1) is 13.5. The second-order valence-corrected chi connectivity index (χ2v) is 5.82. The monoisotopic (exact) mass is 287 g/mol. The molecular weight excluding hydrogens is 270 g/mol. The van der Waals surface area contributed by atoms with Crippen LogP contribution >= 0.6 is 11.6 Å². The van der Waals surface area contributed by atoms with E-state index in [0.29, 0.717) is 6.04 Å². The smallest absolute Gasteiger partial charge is 0.0761 e. The predicted molar refractivity (Wildman–Crippen MR) is 80.9 cm³/mol. The topological polar surface area (TPSA) is 29.0 Å². The molecule has 3 rings (SSSR count). The largest absolute Gasteiger partial charge is 0.298 e. The summed E-state index contributed by atoms with van der Waals surface area (Å²) < 4.78 is 0. The summed E-state index contributed by atoms with van der Waals surface area (Å²) in [4.78, 5) is 11.5. The molecule has 1 atom stereocenters. The zero-order valence-electron chi connectivity index (χ0n) is 11.6. The van der Waals surface area contributed by atoms with Crippen molar-refractivity contribution in [3.05, 3.63) is 58.6 Å². The summed E-state index contributed by atoms with van der Waals surface area (Å²) in [5.41, 5.74) is 3.26. The molecule has 0 unspecified atom stereocenters. The molecule has 0 bridgehead atoms. The number of nitrogens with zero attached hydrogens (tertiary/aromatic N) is 3. The van der Waals surface area contributed by atoms with Crippen LogP contribution in [0.3, 0.4) is 0 Å². The molecule has 0 saturated carbocycles. The third-order valence-corrected chi connectivity index (χ3v) is 4.07. The second-order valence-electron chi connectivity index (χ2n) is 5.38. The Morgan fingerprint density at radius 3 is 3.00 bits per heavy atom. The van der Waals surface area contributed by atoms with Crippen LogP contribution in [0.5, 0.6) is 0 Å². The minimum atomic E-state index is 0.418. The molecule has 4 heteroatoms. The van der Waals surface area contributed by atoms with Crippen molar-refractivity contribution in [3.63, 3.8) is 0 Å². The number of hydrogen-bond acceptors (Lipinski definition) is 3. The van der Waals surface area contributed by atoms with E-state index in [9.17, 15) is 0 Å². The number of aromatic nitrogens is 2. The minimum Gasteiger partial charge on any atom is -0.298 e. The van der Waals surface area contributed by atoms with Crippen molar-refractivity contribution in [3.8, 4) is 0 Å². The Morgan fingerprint density at radius 1 is 1.35 bits per heavy atom. The maximum atomic E-state index is 6.02. The maximum Gasteiger partial charge on any atom is 0.0761 e. The molecule has 0 amide bonds. The molecule has 0 spiro atoms. The van der Waals surface area contributed by atoms with E-state index in [4.69, 9.17) is 16.6 Å². The zero-order chi connectivity index (χ0) is 13.9. The quantitative estimate of drug-likeness (QED) is 0.865. The van der Waals surface area contributed by atoms with Crippen LogP contribution in [0.4, 0.5) is 0 Å². The lowest BCUT2D eigenvalue weighted by atomic mass is 10.1. The van der Waals surface area contributed by atoms with Crippen LogP contribution in [0.1, 0.15) is 35.8 Å². The Labute approximate surface area is 124 Å². The molecule has 1 aliphatic heterocycles. The Hall–Kier alpha value is -1.45. The normalized spacial score (nSPS) is 19.4. The molecule has 1 aromatic carbocycles. The average Bonchev–Trinajstić information content (AvgIpc) is 2.85. The summed E-state index contributed by atoms with van der Waals surface area (Å²) in [6, 6.07) is 8.33. The van der Waals surface area contributed by atoms with E-state index in [-0.39, 0.29) is 0 Å². The van der Waals surface area contributed by atoms with Gasteiger partial charge in [-0.3, -0.25) is 14.9 Å². The van der Waals surface area contributed by atoms with Gasteiger partial charge in [0.25, 0.3) is 0 Å². The van der Waals surface area contributed by atoms with E-state index in [1.54, 1.807) is 0 Å². The average molecular weight is 288 g/mol. The summed E-state index contributed by atoms with van der Waals surface area (Å²) in [5.74, 6) is 0. The molecule has 3 nitrogen and oxygen atoms in total. The lowest BCUT2D eigenvalue weighted by Gasteiger charge is -2.18. The Bertz CT molecular complexity index is 600. The second kappa shape index (κ2) is 5.90. The number of likely N-dealkylation sites (tertiary alicyclic amines) is 1. The first-order valence-corrected chi connectivity index (χ1v) is 7.35. The van der Waals surface area contributed by atoms with Gasteiger partial charge in [0.2, 0.25) is 0 Å². The maximum absolute atomic E-state index is 6.02. The van der Waals surface area contributed by atoms with Gasteiger partial charge in [-0.25, -0.2) is 0 Å². The van der Waals surface area contributed by atoms with Gasteiger partial charge < -0.3 is 0 Å². The summed E-state index contributed by atoms with van der Waals surface area (Å²) in [6.45, 7) is 1.14. The zero-order valence-corrected chi connectivity index (χ0v) is 12.3. The molecule has 2 aromatic rings. The molecule has 104 valence electrons. The van der Waals surface area contributed by atoms with Crippen LogP contribution < -0.4 is 0 Å². The van der Waals surface area contributed by atoms with Crippen LogP contribution in [-0.4, -0.2) is 28.5 Å². The van der Waals surface area contributed by atoms with Crippen LogP contribution in [0, 0.1) is 0 Å². The van der Waals surface area contributed by atoms with Gasteiger partial charge >= 0.3 is 0 Å². The lowest BCUT2D eigenvalue weighted by molar-refractivity contribution is 0.311. The highest BCUT2D eigenvalue weighted by atomic mass is 35.5. The van der Waals surface area contributed by atoms with Gasteiger partial charge in [0, 0.05) is 23.8 Å². The van der Waals surface area contributed by atoms with Crippen molar-refractivity contribution in [2.75, 3.05) is 13.6 Å². The van der Waals surface area contributed by atoms with Crippen molar-refractivity contribution in [1.29, 1.82) is 0 Å². The molecule has 2 heterocycles. The fourth-order valence-corrected chi connectivity index (χ4v) is 3.02. The van der Waals surface area contributed by atoms with Gasteiger partial charge in [-0.2, -0.15) is 0 Å². The van der Waals surface area contributed by atoms with Crippen LogP contribution in [0.2, 0.25) is 5.02 Å². The summed E-state index contributed by atoms with van der Waals surface area (Å²) >= 11 is 6.02. The van der Waals surface area contributed by atoms with Crippen molar-refractivity contribution in [1.82, 2.24) is 14.9 Å². The third kappa shape index (κ3) is 3.00. The first-order valence-electron chi connectivity index (χ1n) is 6.98. The molecule has 1 fully saturated rings. The number of hydrogen-bond donors (Lipinski definition) is 0. The van der Waals surface area contributed by atoms with Gasteiger partial charge in [0.15, 0.2) is 0 Å². The van der Waals surface area contributed by atoms with Gasteiger partial charge in [0.05, 0.1) is 17.4 Å². The van der Waals surface area contributed by atoms with Crippen molar-refractivity contribution in [2.45, 2.75) is 25.3 Å². The van der Waals surface area contributed by atoms with E-state index in [1.807, 2.05) is 30.6 Å². The summed E-state index contributed by atoms with van der Waals surface area (Å²) in [7, 11) is 2.16. The number of benzene rings is 1. The Balaban J connectivity index is 1.81. The highest BCUT2D eigenvalue weighted by Crippen LogP contribution is 2.28. The van der Waals surface area contributed by atoms with Gasteiger partial charge in [-0.15, -0.1) is 0 Å². The van der Waals surface area contributed by atoms with E-state index in [2.05, 4.69) is 23.0 Å². The standard InChI is InChI=1S/C16H18ClN3/c1-20-7-3-6-16(20)15-11-18-10-14(19-15)9-12-4-2-5-13(17)8-12/h2,4-5,8,10-11,16H,3,6-7,9H2,1H3/t16-/m1/s1. The van der Waals surface area contributed by atoms with E-state index in [1.165, 1.54) is 18.4 Å². The SMILES string of the molecule is CN1CCC[C@@H]1c1cncc(Cc2cccc(Cl)c2)n1. The Morgan fingerprint density at radius 2 is 2.25 bits per heavy atom. The van der Waals surface area contributed by atoms with Crippen LogP contribution in [-0.2, 0) is 6.42 Å². The lowest BCUT2D eigenvalue weighted by Crippen LogP contribution is -2.19. The highest BCUT2D eigenvalue weighted by Gasteiger charge is 2.24. The molecule has 1 aromatic heterocycles. The summed E-state index contributed by atoms with van der Waals surface area (Å²) in [5, 5.41) is 0.766. The molecule has 0 radical (unpaired) electrons. The molecular formula is C16H18ClN3. The van der Waals surface area contributed by atoms with Gasteiger partial charge in [0.1, 0.15) is 0 Å². The summed E-state index contributed by atoms with van der Waals surface area (Å²) in [6.07, 6.45) is 6.93.